The Morgan fingerprint density at radius 2 is 2.25 bits per heavy atom. The summed E-state index contributed by atoms with van der Waals surface area (Å²) >= 11 is 9.08. The third kappa shape index (κ3) is 2.50. The highest BCUT2D eigenvalue weighted by Crippen LogP contribution is 2.23. The summed E-state index contributed by atoms with van der Waals surface area (Å²) in [4.78, 5) is 0. The Morgan fingerprint density at radius 1 is 1.58 bits per heavy atom. The highest BCUT2D eigenvalue weighted by atomic mass is 79.9. The lowest BCUT2D eigenvalue weighted by atomic mass is 10.1. The fourth-order valence-corrected chi connectivity index (χ4v) is 1.41. The molecule has 0 atom stereocenters. The number of nitrogens with two attached hydrogens (primary N) is 1. The van der Waals surface area contributed by atoms with Crippen molar-refractivity contribution in [2.45, 2.75) is 6.42 Å². The van der Waals surface area contributed by atoms with Gasteiger partial charge in [0.05, 0.1) is 10.9 Å². The van der Waals surface area contributed by atoms with Crippen LogP contribution in [0.15, 0.2) is 22.7 Å². The number of nitrogens with one attached hydrogen (secondary N) is 1. The van der Waals surface area contributed by atoms with E-state index in [0.29, 0.717) is 11.4 Å². The number of benzene rings is 1. The topological polar surface area (TPSA) is 49.9 Å². The lowest BCUT2D eigenvalue weighted by Crippen LogP contribution is -2.12. The zero-order valence-electron chi connectivity index (χ0n) is 6.27. The van der Waals surface area contributed by atoms with Crippen molar-refractivity contribution in [2.24, 2.45) is 5.73 Å². The van der Waals surface area contributed by atoms with Crippen molar-refractivity contribution >= 4 is 33.4 Å². The van der Waals surface area contributed by atoms with Gasteiger partial charge in [-0.05, 0) is 33.6 Å². The Labute approximate surface area is 84.4 Å². The molecule has 0 unspecified atom stereocenters. The van der Waals surface area contributed by atoms with Gasteiger partial charge in [0.25, 0.3) is 0 Å². The first kappa shape index (κ1) is 9.55. The lowest BCUT2D eigenvalue weighted by molar-refractivity contribution is 1.24. The van der Waals surface area contributed by atoms with Gasteiger partial charge >= 0.3 is 0 Å². The second-order valence-corrected chi connectivity index (χ2v) is 3.71. The van der Waals surface area contributed by atoms with E-state index < -0.39 is 0 Å². The van der Waals surface area contributed by atoms with E-state index in [1.54, 1.807) is 6.07 Å². The van der Waals surface area contributed by atoms with E-state index >= 15 is 0 Å². The van der Waals surface area contributed by atoms with Crippen LogP contribution in [0.25, 0.3) is 0 Å². The van der Waals surface area contributed by atoms with Gasteiger partial charge in [0.15, 0.2) is 0 Å². The third-order valence-electron chi connectivity index (χ3n) is 1.38. The van der Waals surface area contributed by atoms with Gasteiger partial charge in [-0.1, -0.05) is 17.7 Å². The molecule has 0 spiro atoms. The fraction of sp³-hybridized carbons (Fsp3) is 0.125. The Bertz CT molecular complexity index is 312. The Hall–Kier alpha value is -0.540. The number of hydrogen-bond acceptors (Lipinski definition) is 1. The quantitative estimate of drug-likeness (QED) is 0.612. The number of hydrogen-bond donors (Lipinski definition) is 2. The number of amidine groups is 1. The van der Waals surface area contributed by atoms with Crippen molar-refractivity contribution in [2.75, 3.05) is 0 Å². The highest BCUT2D eigenvalue weighted by Gasteiger charge is 1.99. The highest BCUT2D eigenvalue weighted by molar-refractivity contribution is 9.10. The average molecular weight is 248 g/mol. The monoisotopic (exact) mass is 246 g/mol. The Morgan fingerprint density at radius 3 is 2.75 bits per heavy atom. The van der Waals surface area contributed by atoms with Crippen molar-refractivity contribution < 1.29 is 0 Å². The van der Waals surface area contributed by atoms with Crippen LogP contribution < -0.4 is 5.73 Å². The van der Waals surface area contributed by atoms with Gasteiger partial charge < -0.3 is 5.73 Å². The normalized spacial score (nSPS) is 9.83. The van der Waals surface area contributed by atoms with E-state index in [0.717, 1.165) is 10.0 Å². The second-order valence-electron chi connectivity index (χ2n) is 2.45. The molecule has 4 heteroatoms. The molecule has 0 radical (unpaired) electrons. The van der Waals surface area contributed by atoms with Crippen LogP contribution in [-0.4, -0.2) is 5.84 Å². The molecule has 2 nitrogen and oxygen atoms in total. The van der Waals surface area contributed by atoms with Crippen LogP contribution >= 0.6 is 27.5 Å². The molecule has 0 saturated carbocycles. The second kappa shape index (κ2) is 3.92. The standard InChI is InChI=1S/C8H8BrClN2/c9-6-3-5(4-8(11)12)1-2-7(6)10/h1-3H,4H2,(H3,11,12). The minimum Gasteiger partial charge on any atom is -0.387 e. The number of rotatable bonds is 2. The van der Waals surface area contributed by atoms with Crippen LogP contribution in [0.1, 0.15) is 5.56 Å². The molecule has 0 aliphatic carbocycles. The van der Waals surface area contributed by atoms with Crippen molar-refractivity contribution in [1.29, 1.82) is 5.41 Å². The van der Waals surface area contributed by atoms with Crippen LogP contribution in [0, 0.1) is 5.41 Å². The minimum absolute atomic E-state index is 0.157. The summed E-state index contributed by atoms with van der Waals surface area (Å²) < 4.78 is 0.836. The average Bonchev–Trinajstić information content (AvgIpc) is 1.96. The van der Waals surface area contributed by atoms with Gasteiger partial charge in [-0.15, -0.1) is 0 Å². The predicted octanol–water partition coefficient (Wildman–Crippen LogP) is 2.58. The predicted molar refractivity (Wildman–Crippen MR) is 54.8 cm³/mol. The van der Waals surface area contributed by atoms with E-state index in [1.165, 1.54) is 0 Å². The summed E-state index contributed by atoms with van der Waals surface area (Å²) in [5.74, 6) is 0.157. The van der Waals surface area contributed by atoms with E-state index in [-0.39, 0.29) is 5.84 Å². The van der Waals surface area contributed by atoms with Gasteiger partial charge in [-0.25, -0.2) is 0 Å². The first-order valence-electron chi connectivity index (χ1n) is 3.36. The molecule has 0 bridgehead atoms. The first-order valence-corrected chi connectivity index (χ1v) is 4.53. The molecule has 64 valence electrons. The lowest BCUT2D eigenvalue weighted by Gasteiger charge is -2.01. The molecule has 3 N–H and O–H groups in total. The largest absolute Gasteiger partial charge is 0.387 e. The SMILES string of the molecule is N=C(N)Cc1ccc(Cl)c(Br)c1. The molecular formula is C8H8BrClN2. The van der Waals surface area contributed by atoms with Gasteiger partial charge in [-0.2, -0.15) is 0 Å². The summed E-state index contributed by atoms with van der Waals surface area (Å²) in [7, 11) is 0. The summed E-state index contributed by atoms with van der Waals surface area (Å²) in [5.41, 5.74) is 6.23. The zero-order valence-corrected chi connectivity index (χ0v) is 8.61. The number of halogens is 2. The molecule has 1 rings (SSSR count). The fourth-order valence-electron chi connectivity index (χ4n) is 0.870. The summed E-state index contributed by atoms with van der Waals surface area (Å²) in [6.45, 7) is 0. The van der Waals surface area contributed by atoms with Crippen LogP contribution in [0.3, 0.4) is 0 Å². The van der Waals surface area contributed by atoms with Crippen LogP contribution in [0.4, 0.5) is 0 Å². The molecule has 1 aromatic carbocycles. The molecule has 0 aromatic heterocycles. The Balaban J connectivity index is 2.89. The smallest absolute Gasteiger partial charge is 0.0950 e. The Kier molecular flexibility index (Phi) is 3.12. The van der Waals surface area contributed by atoms with Crippen LogP contribution in [0.5, 0.6) is 0 Å². The molecule has 12 heavy (non-hydrogen) atoms. The molecule has 0 fully saturated rings. The van der Waals surface area contributed by atoms with Crippen LogP contribution in [-0.2, 0) is 6.42 Å². The summed E-state index contributed by atoms with van der Waals surface area (Å²) in [6.07, 6.45) is 0.468. The molecule has 0 amide bonds. The molecule has 0 aliphatic rings. The third-order valence-corrected chi connectivity index (χ3v) is 2.59. The van der Waals surface area contributed by atoms with Crippen molar-refractivity contribution in [3.8, 4) is 0 Å². The van der Waals surface area contributed by atoms with Crippen molar-refractivity contribution in [3.63, 3.8) is 0 Å². The molecule has 0 aliphatic heterocycles. The molecule has 0 heterocycles. The van der Waals surface area contributed by atoms with Crippen molar-refractivity contribution in [3.05, 3.63) is 33.3 Å². The summed E-state index contributed by atoms with van der Waals surface area (Å²) in [6, 6.07) is 5.50. The maximum Gasteiger partial charge on any atom is 0.0950 e. The van der Waals surface area contributed by atoms with E-state index in [9.17, 15) is 0 Å². The minimum atomic E-state index is 0.157. The van der Waals surface area contributed by atoms with Gasteiger partial charge in [0.1, 0.15) is 0 Å². The summed E-state index contributed by atoms with van der Waals surface area (Å²) in [5, 5.41) is 7.75. The van der Waals surface area contributed by atoms with E-state index in [2.05, 4.69) is 15.9 Å². The van der Waals surface area contributed by atoms with Gasteiger partial charge in [-0.3, -0.25) is 5.41 Å². The van der Waals surface area contributed by atoms with Crippen LogP contribution in [0.2, 0.25) is 5.02 Å². The maximum atomic E-state index is 7.09. The maximum absolute atomic E-state index is 7.09. The first-order chi connectivity index (χ1) is 5.59. The van der Waals surface area contributed by atoms with Gasteiger partial charge in [0.2, 0.25) is 0 Å². The molecular weight excluding hydrogens is 239 g/mol. The molecule has 0 saturated heterocycles. The zero-order chi connectivity index (χ0) is 9.14. The van der Waals surface area contributed by atoms with E-state index in [4.69, 9.17) is 22.7 Å². The van der Waals surface area contributed by atoms with E-state index in [1.807, 2.05) is 12.1 Å². The van der Waals surface area contributed by atoms with Gasteiger partial charge in [0, 0.05) is 10.9 Å². The van der Waals surface area contributed by atoms with Crippen molar-refractivity contribution in [1.82, 2.24) is 0 Å². The molecule has 1 aromatic rings.